The lowest BCUT2D eigenvalue weighted by Gasteiger charge is -2.24. The van der Waals surface area contributed by atoms with Gasteiger partial charge in [0.15, 0.2) is 6.10 Å². The number of carbonyl (C=O) groups is 2. The van der Waals surface area contributed by atoms with E-state index in [4.69, 9.17) is 18.5 Å². The van der Waals surface area contributed by atoms with E-state index in [1.54, 1.807) is 0 Å². The van der Waals surface area contributed by atoms with Gasteiger partial charge in [-0.25, -0.2) is 4.57 Å². The summed E-state index contributed by atoms with van der Waals surface area (Å²) in [4.78, 5) is 35.3. The average Bonchev–Trinajstić information content (AvgIpc) is 3.18. The molecule has 0 aliphatic heterocycles. The summed E-state index contributed by atoms with van der Waals surface area (Å²) in [5.74, 6) is -0.933. The number of unbranched alkanes of at least 4 members (excludes halogenated alkanes) is 5. The summed E-state index contributed by atoms with van der Waals surface area (Å²) in [5, 5.41) is 9.78. The predicted octanol–water partition coefficient (Wildman–Crippen LogP) is 11.3. The number of nitrogens with zero attached hydrogens (tertiary/aromatic N) is 1. The largest absolute Gasteiger partial charge is 0.472 e. The first-order valence-corrected chi connectivity index (χ1v) is 23.2. The normalized spacial score (nSPS) is 15.2. The maximum atomic E-state index is 12.7. The smallest absolute Gasteiger partial charge is 0.462 e. The quantitative estimate of drug-likeness (QED) is 0.0157. The molecule has 0 aromatic heterocycles. The van der Waals surface area contributed by atoms with E-state index in [9.17, 15) is 24.2 Å². The lowest BCUT2D eigenvalue weighted by atomic mass is 10.1. The van der Waals surface area contributed by atoms with Gasteiger partial charge < -0.3 is 24.0 Å². The van der Waals surface area contributed by atoms with Gasteiger partial charge in [-0.15, -0.1) is 0 Å². The van der Waals surface area contributed by atoms with Crippen molar-refractivity contribution in [1.29, 1.82) is 0 Å². The number of esters is 2. The molecule has 0 aliphatic carbocycles. The molecule has 0 aromatic rings. The van der Waals surface area contributed by atoms with Crippen LogP contribution in [0.2, 0.25) is 0 Å². The lowest BCUT2D eigenvalue weighted by Crippen LogP contribution is -2.37. The Morgan fingerprint density at radius 3 is 1.75 bits per heavy atom. The Kier molecular flexibility index (Phi) is 36.6. The van der Waals surface area contributed by atoms with Crippen molar-refractivity contribution in [3.05, 3.63) is 109 Å². The Morgan fingerprint density at radius 1 is 0.610 bits per heavy atom. The van der Waals surface area contributed by atoms with Gasteiger partial charge in [-0.3, -0.25) is 18.6 Å². The zero-order valence-electron chi connectivity index (χ0n) is 37.0. The van der Waals surface area contributed by atoms with Crippen molar-refractivity contribution in [3.63, 3.8) is 0 Å². The van der Waals surface area contributed by atoms with Crippen molar-refractivity contribution in [3.8, 4) is 0 Å². The standard InChI is InChI=1S/C48H78NO9P/c1-6-8-10-11-12-13-14-15-16-17-18-19-23-26-29-32-35-39-47(51)55-43-46(44-57-59(53,54)56-42-41-49(3,4)5)58-48(52)40-36-33-30-27-24-21-20-22-25-28-31-34-38-45(50)37-9-7-2/h8-10,12-13,15-16,18-21,25,27-28,30-31,34,37,45-46,50H,6-7,11,14,17,22-24,26,29,32-33,35-36,38-44H2,1-5H3/p+1/b10-8-,13-12-,16-15-,19-18-,21-20-,28-25-,30-27-,34-31+,37-9-/t45?,46-/m1/s1. The van der Waals surface area contributed by atoms with Crippen LogP contribution in [0.25, 0.3) is 0 Å². The molecule has 334 valence electrons. The van der Waals surface area contributed by atoms with E-state index in [1.807, 2.05) is 76.7 Å². The second-order valence-electron chi connectivity index (χ2n) is 15.2. The highest BCUT2D eigenvalue weighted by atomic mass is 31.2. The Morgan fingerprint density at radius 2 is 1.14 bits per heavy atom. The Hall–Kier alpha value is -3.37. The second-order valence-corrected chi connectivity index (χ2v) is 16.6. The van der Waals surface area contributed by atoms with Gasteiger partial charge in [-0.2, -0.15) is 0 Å². The van der Waals surface area contributed by atoms with Crippen LogP contribution >= 0.6 is 7.82 Å². The monoisotopic (exact) mass is 845 g/mol. The highest BCUT2D eigenvalue weighted by molar-refractivity contribution is 7.47. The number of hydrogen-bond acceptors (Lipinski definition) is 8. The SMILES string of the molecule is CC/C=C\C/C=C\C/C=C\C/C=C\CCCCCCC(=O)OC[C@H](COP(=O)(O)OCC[N+](C)(C)C)OC(=O)CCC/C=C\C/C=C\C/C=C\C=C\CC(O)/C=C\CC. The molecule has 0 saturated heterocycles. The van der Waals surface area contributed by atoms with Crippen molar-refractivity contribution >= 4 is 19.8 Å². The van der Waals surface area contributed by atoms with Crippen LogP contribution in [-0.4, -0.2) is 86.1 Å². The molecule has 0 saturated carbocycles. The molecule has 0 heterocycles. The first kappa shape index (κ1) is 55.6. The fraction of sp³-hybridized carbons (Fsp3) is 0.583. The minimum Gasteiger partial charge on any atom is -0.462 e. The van der Waals surface area contributed by atoms with E-state index in [-0.39, 0.29) is 26.1 Å². The number of quaternary nitrogens is 1. The number of phosphoric acid groups is 1. The molecule has 0 aromatic carbocycles. The van der Waals surface area contributed by atoms with Gasteiger partial charge in [-0.05, 0) is 83.5 Å². The number of hydrogen-bond donors (Lipinski definition) is 2. The van der Waals surface area contributed by atoms with Crippen LogP contribution < -0.4 is 0 Å². The van der Waals surface area contributed by atoms with Crippen LogP contribution in [0.15, 0.2) is 109 Å². The molecule has 3 atom stereocenters. The molecule has 0 bridgehead atoms. The second kappa shape index (κ2) is 38.8. The molecule has 0 radical (unpaired) electrons. The zero-order chi connectivity index (χ0) is 43.7. The number of likely N-dealkylation sites (N-methyl/N-ethyl adjacent to an activating group) is 1. The van der Waals surface area contributed by atoms with Crippen LogP contribution in [0.1, 0.15) is 123 Å². The Bertz CT molecular complexity index is 1380. The highest BCUT2D eigenvalue weighted by Gasteiger charge is 2.27. The van der Waals surface area contributed by atoms with Gasteiger partial charge in [0.2, 0.25) is 0 Å². The maximum Gasteiger partial charge on any atom is 0.472 e. The maximum absolute atomic E-state index is 12.7. The number of rotatable bonds is 37. The molecule has 0 aliphatic rings. The fourth-order valence-electron chi connectivity index (χ4n) is 5.00. The summed E-state index contributed by atoms with van der Waals surface area (Å²) in [5.41, 5.74) is 0. The number of ether oxygens (including phenoxy) is 2. The summed E-state index contributed by atoms with van der Waals surface area (Å²) in [6.45, 7) is 3.92. The van der Waals surface area contributed by atoms with Crippen molar-refractivity contribution < 1.29 is 47.2 Å². The number of aliphatic hydroxyl groups excluding tert-OH is 1. The molecule has 2 N–H and O–H groups in total. The first-order chi connectivity index (χ1) is 28.4. The van der Waals surface area contributed by atoms with Gasteiger partial charge in [0.25, 0.3) is 0 Å². The third kappa shape index (κ3) is 42.6. The topological polar surface area (TPSA) is 129 Å². The van der Waals surface area contributed by atoms with Gasteiger partial charge in [0, 0.05) is 12.8 Å². The minimum atomic E-state index is -4.42. The predicted molar refractivity (Wildman–Crippen MR) is 244 cm³/mol. The summed E-state index contributed by atoms with van der Waals surface area (Å²) >= 11 is 0. The molecule has 0 fully saturated rings. The fourth-order valence-corrected chi connectivity index (χ4v) is 5.74. The zero-order valence-corrected chi connectivity index (χ0v) is 37.9. The van der Waals surface area contributed by atoms with E-state index < -0.39 is 38.6 Å². The van der Waals surface area contributed by atoms with E-state index >= 15 is 0 Å². The molecular weight excluding hydrogens is 765 g/mol. The van der Waals surface area contributed by atoms with E-state index in [0.29, 0.717) is 36.7 Å². The Balaban J connectivity index is 4.57. The van der Waals surface area contributed by atoms with Crippen LogP contribution in [0.3, 0.4) is 0 Å². The molecule has 0 spiro atoms. The number of phosphoric ester groups is 1. The van der Waals surface area contributed by atoms with Gasteiger partial charge in [-0.1, -0.05) is 136 Å². The van der Waals surface area contributed by atoms with Crippen LogP contribution in [0.5, 0.6) is 0 Å². The van der Waals surface area contributed by atoms with Gasteiger partial charge in [0.1, 0.15) is 19.8 Å². The van der Waals surface area contributed by atoms with E-state index in [2.05, 4.69) is 67.7 Å². The van der Waals surface area contributed by atoms with Crippen molar-refractivity contribution in [1.82, 2.24) is 0 Å². The van der Waals surface area contributed by atoms with Gasteiger partial charge in [0.05, 0.1) is 33.9 Å². The van der Waals surface area contributed by atoms with Crippen LogP contribution in [0.4, 0.5) is 0 Å². The molecular formula is C48H79NO9P+. The number of allylic oxidation sites excluding steroid dienone is 16. The van der Waals surface area contributed by atoms with Crippen molar-refractivity contribution in [2.24, 2.45) is 0 Å². The van der Waals surface area contributed by atoms with Gasteiger partial charge >= 0.3 is 19.8 Å². The summed E-state index contributed by atoms with van der Waals surface area (Å²) in [6.07, 6.45) is 49.2. The molecule has 59 heavy (non-hydrogen) atoms. The first-order valence-electron chi connectivity index (χ1n) is 21.7. The Labute approximate surface area is 358 Å². The summed E-state index contributed by atoms with van der Waals surface area (Å²) in [7, 11) is 1.38. The third-order valence-electron chi connectivity index (χ3n) is 8.37. The number of carbonyl (C=O) groups excluding carboxylic acids is 2. The number of aliphatic hydroxyl groups is 1. The average molecular weight is 845 g/mol. The molecule has 11 heteroatoms. The van der Waals surface area contributed by atoms with E-state index in [1.165, 1.54) is 0 Å². The minimum absolute atomic E-state index is 0.00217. The highest BCUT2D eigenvalue weighted by Crippen LogP contribution is 2.43. The molecule has 0 rings (SSSR count). The molecule has 0 amide bonds. The third-order valence-corrected chi connectivity index (χ3v) is 9.36. The molecule has 2 unspecified atom stereocenters. The summed E-state index contributed by atoms with van der Waals surface area (Å²) < 4.78 is 34.2. The molecule has 10 nitrogen and oxygen atoms in total. The summed E-state index contributed by atoms with van der Waals surface area (Å²) in [6, 6.07) is 0. The van der Waals surface area contributed by atoms with Crippen molar-refractivity contribution in [2.45, 2.75) is 135 Å². The lowest BCUT2D eigenvalue weighted by molar-refractivity contribution is -0.870. The van der Waals surface area contributed by atoms with Crippen LogP contribution in [-0.2, 0) is 32.7 Å². The van der Waals surface area contributed by atoms with Crippen LogP contribution in [0, 0.1) is 0 Å². The van der Waals surface area contributed by atoms with E-state index in [0.717, 1.165) is 70.6 Å². The van der Waals surface area contributed by atoms with Crippen molar-refractivity contribution in [2.75, 3.05) is 47.5 Å².